The number of nitrogens with two attached hydrogens (primary N) is 1. The van der Waals surface area contributed by atoms with E-state index in [4.69, 9.17) is 14.6 Å². The molecular formula is C13H20N2O5S. The Morgan fingerprint density at radius 2 is 2.00 bits per heavy atom. The van der Waals surface area contributed by atoms with Crippen LogP contribution in [-0.2, 0) is 19.5 Å². The normalized spacial score (nSPS) is 12.8. The highest BCUT2D eigenvalue weighted by atomic mass is 32.2. The number of methoxy groups -OCH3 is 1. The number of carbonyl (C=O) groups excluding carboxylic acids is 1. The minimum Gasteiger partial charge on any atom is -0.457 e. The summed E-state index contributed by atoms with van der Waals surface area (Å²) in [6.07, 6.45) is -0.436. The van der Waals surface area contributed by atoms with Crippen molar-refractivity contribution in [1.29, 1.82) is 0 Å². The van der Waals surface area contributed by atoms with Crippen molar-refractivity contribution in [3.8, 4) is 0 Å². The minimum absolute atomic E-state index is 0.118. The second-order valence-electron chi connectivity index (χ2n) is 4.79. The van der Waals surface area contributed by atoms with Crippen LogP contribution >= 0.6 is 0 Å². The molecule has 0 fully saturated rings. The van der Waals surface area contributed by atoms with Crippen LogP contribution in [0.5, 0.6) is 0 Å². The van der Waals surface area contributed by atoms with E-state index < -0.39 is 22.1 Å². The van der Waals surface area contributed by atoms with Crippen LogP contribution in [0.15, 0.2) is 23.1 Å². The van der Waals surface area contributed by atoms with Gasteiger partial charge in [-0.25, -0.2) is 18.4 Å². The van der Waals surface area contributed by atoms with Gasteiger partial charge in [0.25, 0.3) is 0 Å². The van der Waals surface area contributed by atoms with Crippen LogP contribution in [0.3, 0.4) is 0 Å². The fraction of sp³-hybridized carbons (Fsp3) is 0.462. The highest BCUT2D eigenvalue weighted by Crippen LogP contribution is 2.24. The van der Waals surface area contributed by atoms with Crippen molar-refractivity contribution in [1.82, 2.24) is 0 Å². The number of anilines is 1. The van der Waals surface area contributed by atoms with E-state index >= 15 is 0 Å². The van der Waals surface area contributed by atoms with Gasteiger partial charge in [-0.2, -0.15) is 0 Å². The first-order valence-corrected chi connectivity index (χ1v) is 7.75. The highest BCUT2D eigenvalue weighted by molar-refractivity contribution is 7.89. The van der Waals surface area contributed by atoms with Crippen molar-refractivity contribution < 1.29 is 22.7 Å². The molecule has 1 rings (SSSR count). The Hall–Kier alpha value is -1.64. The summed E-state index contributed by atoms with van der Waals surface area (Å²) in [5.41, 5.74) is 0.520. The van der Waals surface area contributed by atoms with Crippen LogP contribution in [0, 0.1) is 0 Å². The summed E-state index contributed by atoms with van der Waals surface area (Å²) in [5.74, 6) is -0.630. The second kappa shape index (κ2) is 6.88. The summed E-state index contributed by atoms with van der Waals surface area (Å²) in [7, 11) is 0.914. The first-order valence-electron chi connectivity index (χ1n) is 6.21. The van der Waals surface area contributed by atoms with Crippen molar-refractivity contribution in [2.45, 2.75) is 17.9 Å². The second-order valence-corrected chi connectivity index (χ2v) is 6.32. The summed E-state index contributed by atoms with van der Waals surface area (Å²) in [6.45, 7) is 1.93. The maximum atomic E-state index is 12.0. The van der Waals surface area contributed by atoms with Gasteiger partial charge in [0.15, 0.2) is 0 Å². The molecule has 0 saturated carbocycles. The van der Waals surface area contributed by atoms with Gasteiger partial charge >= 0.3 is 5.97 Å². The van der Waals surface area contributed by atoms with Crippen LogP contribution in [0.25, 0.3) is 0 Å². The first kappa shape index (κ1) is 17.4. The van der Waals surface area contributed by atoms with Crippen LogP contribution in [0.1, 0.15) is 17.3 Å². The van der Waals surface area contributed by atoms with Gasteiger partial charge in [0.1, 0.15) is 11.0 Å². The van der Waals surface area contributed by atoms with Crippen LogP contribution in [-0.4, -0.2) is 48.3 Å². The summed E-state index contributed by atoms with van der Waals surface area (Å²) in [4.78, 5) is 13.4. The molecule has 2 N–H and O–H groups in total. The monoisotopic (exact) mass is 316 g/mol. The Balaban J connectivity index is 3.14. The highest BCUT2D eigenvalue weighted by Gasteiger charge is 2.20. The van der Waals surface area contributed by atoms with Crippen molar-refractivity contribution in [2.24, 2.45) is 5.14 Å². The lowest BCUT2D eigenvalue weighted by atomic mass is 10.2. The fourth-order valence-corrected chi connectivity index (χ4v) is 2.59. The van der Waals surface area contributed by atoms with Gasteiger partial charge in [-0.3, -0.25) is 0 Å². The molecule has 1 aromatic rings. The van der Waals surface area contributed by atoms with Crippen LogP contribution in [0.2, 0.25) is 0 Å². The van der Waals surface area contributed by atoms with Gasteiger partial charge in [-0.05, 0) is 25.1 Å². The number of sulfonamides is 1. The zero-order chi connectivity index (χ0) is 16.2. The minimum atomic E-state index is -3.95. The Bertz CT molecular complexity index is 613. The maximum Gasteiger partial charge on any atom is 0.338 e. The molecule has 21 heavy (non-hydrogen) atoms. The number of ether oxygens (including phenoxy) is 2. The lowest BCUT2D eigenvalue weighted by molar-refractivity contribution is 0.0120. The molecule has 1 unspecified atom stereocenters. The fourth-order valence-electron chi connectivity index (χ4n) is 1.76. The van der Waals surface area contributed by atoms with Gasteiger partial charge in [0.2, 0.25) is 10.0 Å². The van der Waals surface area contributed by atoms with Gasteiger partial charge in [0, 0.05) is 21.2 Å². The lowest BCUT2D eigenvalue weighted by Gasteiger charge is -2.17. The standard InChI is InChI=1S/C13H20N2O5S/c1-9(8-19-4)20-13(16)10-5-6-11(15(2)3)12(7-10)21(14,17)18/h5-7,9H,8H2,1-4H3,(H2,14,17,18). The molecular weight excluding hydrogens is 296 g/mol. The summed E-state index contributed by atoms with van der Waals surface area (Å²) >= 11 is 0. The number of nitrogens with zero attached hydrogens (tertiary/aromatic N) is 1. The molecule has 8 heteroatoms. The van der Waals surface area contributed by atoms with Gasteiger partial charge in [-0.1, -0.05) is 0 Å². The Labute approximate surface area is 124 Å². The van der Waals surface area contributed by atoms with Gasteiger partial charge in [-0.15, -0.1) is 0 Å². The van der Waals surface area contributed by atoms with Crippen LogP contribution in [0.4, 0.5) is 5.69 Å². The zero-order valence-corrected chi connectivity index (χ0v) is 13.3. The molecule has 0 amide bonds. The van der Waals surface area contributed by atoms with Crippen LogP contribution < -0.4 is 10.0 Å². The van der Waals surface area contributed by atoms with E-state index in [-0.39, 0.29) is 17.1 Å². The molecule has 0 heterocycles. The zero-order valence-electron chi connectivity index (χ0n) is 12.5. The number of esters is 1. The van der Waals surface area contributed by atoms with Crippen molar-refractivity contribution in [3.63, 3.8) is 0 Å². The molecule has 0 radical (unpaired) electrons. The molecule has 0 aliphatic rings. The Morgan fingerprint density at radius 3 is 2.48 bits per heavy atom. The van der Waals surface area contributed by atoms with Crippen molar-refractivity contribution in [2.75, 3.05) is 32.7 Å². The predicted molar refractivity (Wildman–Crippen MR) is 78.9 cm³/mol. The number of hydrogen-bond donors (Lipinski definition) is 1. The quantitative estimate of drug-likeness (QED) is 0.771. The smallest absolute Gasteiger partial charge is 0.338 e. The van der Waals surface area contributed by atoms with Crippen molar-refractivity contribution >= 4 is 21.7 Å². The average molecular weight is 316 g/mol. The molecule has 7 nitrogen and oxygen atoms in total. The summed E-state index contributed by atoms with van der Waals surface area (Å²) < 4.78 is 33.3. The molecule has 0 aliphatic heterocycles. The number of carbonyl (C=O) groups is 1. The molecule has 1 aromatic carbocycles. The third-order valence-electron chi connectivity index (χ3n) is 2.69. The van der Waals surface area contributed by atoms with E-state index in [9.17, 15) is 13.2 Å². The molecule has 118 valence electrons. The van der Waals surface area contributed by atoms with Gasteiger partial charge in [0.05, 0.1) is 17.9 Å². The maximum absolute atomic E-state index is 12.0. The molecule has 0 aromatic heterocycles. The first-order chi connectivity index (χ1) is 9.66. The third kappa shape index (κ3) is 4.69. The number of benzene rings is 1. The summed E-state index contributed by atoms with van der Waals surface area (Å²) in [5, 5.41) is 5.19. The largest absolute Gasteiger partial charge is 0.457 e. The SMILES string of the molecule is COCC(C)OC(=O)c1ccc(N(C)C)c(S(N)(=O)=O)c1. The Morgan fingerprint density at radius 1 is 1.38 bits per heavy atom. The van der Waals surface area contributed by atoms with E-state index in [1.54, 1.807) is 25.9 Å². The number of primary sulfonamides is 1. The van der Waals surface area contributed by atoms with E-state index in [0.29, 0.717) is 5.69 Å². The van der Waals surface area contributed by atoms with E-state index in [0.717, 1.165) is 0 Å². The summed E-state index contributed by atoms with van der Waals surface area (Å²) in [6, 6.07) is 4.22. The van der Waals surface area contributed by atoms with E-state index in [2.05, 4.69) is 0 Å². The molecule has 0 bridgehead atoms. The molecule has 1 atom stereocenters. The lowest BCUT2D eigenvalue weighted by Crippen LogP contribution is -2.22. The number of rotatable bonds is 6. The van der Waals surface area contributed by atoms with E-state index in [1.165, 1.54) is 25.3 Å². The van der Waals surface area contributed by atoms with Crippen molar-refractivity contribution in [3.05, 3.63) is 23.8 Å². The third-order valence-corrected chi connectivity index (χ3v) is 3.63. The number of hydrogen-bond acceptors (Lipinski definition) is 6. The van der Waals surface area contributed by atoms with Gasteiger partial charge < -0.3 is 14.4 Å². The average Bonchev–Trinajstić information content (AvgIpc) is 2.37. The topological polar surface area (TPSA) is 98.9 Å². The molecule has 0 saturated heterocycles. The predicted octanol–water partition coefficient (Wildman–Crippen LogP) is 0.592. The molecule has 0 aliphatic carbocycles. The van der Waals surface area contributed by atoms with E-state index in [1.807, 2.05) is 0 Å². The molecule has 0 spiro atoms. The Kier molecular flexibility index (Phi) is 5.70.